The van der Waals surface area contributed by atoms with Crippen molar-refractivity contribution in [3.05, 3.63) is 35.9 Å². The number of carbonyl (C=O) groups is 2. The fourth-order valence-electron chi connectivity index (χ4n) is 1.35. The Balaban J connectivity index is 2.79. The molecule has 0 fully saturated rings. The Morgan fingerprint density at radius 2 is 2.05 bits per heavy atom. The minimum Gasteiger partial charge on any atom is -0.459 e. The van der Waals surface area contributed by atoms with Crippen LogP contribution in [0.3, 0.4) is 0 Å². The maximum Gasteiger partial charge on any atom is 0.336 e. The van der Waals surface area contributed by atoms with E-state index in [4.69, 9.17) is 17.6 Å². The lowest BCUT2D eigenvalue weighted by Crippen LogP contribution is -2.59. The molecule has 1 rings (SSSR count). The Morgan fingerprint density at radius 3 is 2.58 bits per heavy atom. The molecule has 1 aromatic carbocycles. The molecule has 0 aliphatic heterocycles. The maximum absolute atomic E-state index is 12.0. The van der Waals surface area contributed by atoms with E-state index in [9.17, 15) is 9.59 Å². The first kappa shape index (κ1) is 13.9. The number of primary amides is 1. The number of hydrogen-bond donors (Lipinski definition) is 2. The van der Waals surface area contributed by atoms with E-state index >= 15 is 0 Å². The summed E-state index contributed by atoms with van der Waals surface area (Å²) in [4.78, 5) is 23.4. The zero-order valence-electron chi connectivity index (χ0n) is 11.7. The number of rotatable bonds is 7. The molecular weight excluding hydrogens is 264 g/mol. The van der Waals surface area contributed by atoms with E-state index in [2.05, 4.69) is 0 Å². The third-order valence-electron chi connectivity index (χ3n) is 2.61. The van der Waals surface area contributed by atoms with E-state index in [1.54, 1.807) is 30.3 Å². The molecule has 0 heterocycles. The third-order valence-corrected chi connectivity index (χ3v) is 3.22. The van der Waals surface area contributed by atoms with Gasteiger partial charge in [0.15, 0.2) is 5.54 Å². The van der Waals surface area contributed by atoms with Crippen molar-refractivity contribution in [1.29, 1.82) is 0 Å². The van der Waals surface area contributed by atoms with Crippen LogP contribution in [0.1, 0.15) is 13.4 Å². The van der Waals surface area contributed by atoms with Gasteiger partial charge in [-0.05, 0) is 24.0 Å². The second-order valence-corrected chi connectivity index (χ2v) is 5.00. The van der Waals surface area contributed by atoms with Crippen molar-refractivity contribution in [2.45, 2.75) is 18.5 Å². The van der Waals surface area contributed by atoms with Crippen molar-refractivity contribution >= 4 is 23.6 Å². The first-order valence-electron chi connectivity index (χ1n) is 6.25. The normalized spacial score (nSPS) is 16.0. The molecule has 0 aliphatic carbocycles. The minimum atomic E-state index is -1.89. The van der Waals surface area contributed by atoms with Crippen molar-refractivity contribution in [1.82, 2.24) is 0 Å². The molecule has 2 atom stereocenters. The first-order valence-corrected chi connectivity index (χ1v) is 7.07. The van der Waals surface area contributed by atoms with E-state index < -0.39 is 24.0 Å². The fourth-order valence-corrected chi connectivity index (χ4v) is 1.87. The van der Waals surface area contributed by atoms with Gasteiger partial charge in [-0.1, -0.05) is 30.3 Å². The van der Waals surface area contributed by atoms with Gasteiger partial charge in [-0.15, -0.1) is 0 Å². The summed E-state index contributed by atoms with van der Waals surface area (Å²) in [6.45, 7) is -1.24. The highest BCUT2D eigenvalue weighted by Gasteiger charge is 2.41. The number of esters is 1. The van der Waals surface area contributed by atoms with Gasteiger partial charge in [-0.25, -0.2) is 4.79 Å². The van der Waals surface area contributed by atoms with Crippen LogP contribution in [0.4, 0.5) is 0 Å². The number of nitrogens with two attached hydrogens (primary N) is 2. The van der Waals surface area contributed by atoms with Crippen LogP contribution in [-0.4, -0.2) is 29.4 Å². The molecule has 1 amide bonds. The second-order valence-electron chi connectivity index (χ2n) is 4.01. The van der Waals surface area contributed by atoms with Gasteiger partial charge in [0.05, 0.1) is 1.37 Å². The largest absolute Gasteiger partial charge is 0.459 e. The molecular formula is C13H18N2O3S. The van der Waals surface area contributed by atoms with Crippen LogP contribution in [-0.2, 0) is 20.9 Å². The summed E-state index contributed by atoms with van der Waals surface area (Å²) in [7, 11) is 0. The van der Waals surface area contributed by atoms with Crippen molar-refractivity contribution in [2.24, 2.45) is 11.5 Å². The number of amides is 1. The molecule has 0 bridgehead atoms. The molecule has 104 valence electrons. The van der Waals surface area contributed by atoms with Gasteiger partial charge in [0, 0.05) is 0 Å². The number of hydrogen-bond acceptors (Lipinski definition) is 5. The molecule has 0 saturated heterocycles. The highest BCUT2D eigenvalue weighted by atomic mass is 32.2. The summed E-state index contributed by atoms with van der Waals surface area (Å²) in [5.74, 6) is -1.43. The van der Waals surface area contributed by atoms with Crippen molar-refractivity contribution in [3.63, 3.8) is 0 Å². The lowest BCUT2D eigenvalue weighted by molar-refractivity contribution is -0.155. The van der Waals surface area contributed by atoms with Crippen LogP contribution >= 0.6 is 11.8 Å². The van der Waals surface area contributed by atoms with Gasteiger partial charge in [0.2, 0.25) is 5.91 Å². The molecule has 6 heteroatoms. The summed E-state index contributed by atoms with van der Waals surface area (Å²) in [6.07, 6.45) is 1.90. The summed E-state index contributed by atoms with van der Waals surface area (Å²) >= 11 is 1.44. The quantitative estimate of drug-likeness (QED) is 0.566. The van der Waals surface area contributed by atoms with Crippen molar-refractivity contribution < 1.29 is 15.7 Å². The summed E-state index contributed by atoms with van der Waals surface area (Å²) in [5.41, 5.74) is 9.55. The molecule has 1 aromatic rings. The van der Waals surface area contributed by atoms with Gasteiger partial charge < -0.3 is 16.2 Å². The zero-order chi connectivity index (χ0) is 15.2. The number of carbonyl (C=O) groups excluding carboxylic acids is 2. The van der Waals surface area contributed by atoms with Crippen LogP contribution in [0.25, 0.3) is 0 Å². The lowest BCUT2D eigenvalue weighted by Gasteiger charge is -2.23. The molecule has 0 saturated carbocycles. The number of benzene rings is 1. The Bertz CT molecular complexity index is 472. The molecule has 5 nitrogen and oxygen atoms in total. The predicted molar refractivity (Wildman–Crippen MR) is 75.3 cm³/mol. The maximum atomic E-state index is 12.0. The van der Waals surface area contributed by atoms with E-state index in [-0.39, 0.29) is 6.42 Å². The van der Waals surface area contributed by atoms with Gasteiger partial charge >= 0.3 is 5.97 Å². The van der Waals surface area contributed by atoms with E-state index in [1.807, 2.05) is 6.26 Å². The van der Waals surface area contributed by atoms with Crippen LogP contribution in [0.15, 0.2) is 30.3 Å². The van der Waals surface area contributed by atoms with Crippen molar-refractivity contribution in [3.8, 4) is 0 Å². The van der Waals surface area contributed by atoms with E-state index in [0.717, 1.165) is 0 Å². The van der Waals surface area contributed by atoms with Gasteiger partial charge in [0.1, 0.15) is 6.58 Å². The molecule has 19 heavy (non-hydrogen) atoms. The average Bonchev–Trinajstić information content (AvgIpc) is 2.45. The summed E-state index contributed by atoms with van der Waals surface area (Å²) in [6, 6.07) is 8.53. The monoisotopic (exact) mass is 283 g/mol. The fraction of sp³-hybridized carbons (Fsp3) is 0.385. The lowest BCUT2D eigenvalue weighted by atomic mass is 9.97. The molecule has 1 unspecified atom stereocenters. The third kappa shape index (κ3) is 4.25. The van der Waals surface area contributed by atoms with E-state index in [1.165, 1.54) is 11.8 Å². The van der Waals surface area contributed by atoms with Crippen LogP contribution in [0.2, 0.25) is 0 Å². The topological polar surface area (TPSA) is 95.4 Å². The van der Waals surface area contributed by atoms with Crippen LogP contribution in [0, 0.1) is 0 Å². The average molecular weight is 283 g/mol. The van der Waals surface area contributed by atoms with Crippen LogP contribution < -0.4 is 11.5 Å². The van der Waals surface area contributed by atoms with Crippen molar-refractivity contribution in [2.75, 3.05) is 12.0 Å². The Kier molecular flexibility index (Phi) is 5.23. The second kappa shape index (κ2) is 7.16. The molecule has 0 radical (unpaired) electrons. The highest BCUT2D eigenvalue weighted by Crippen LogP contribution is 2.14. The highest BCUT2D eigenvalue weighted by molar-refractivity contribution is 7.98. The van der Waals surface area contributed by atoms with E-state index in [0.29, 0.717) is 11.3 Å². The Labute approximate surface area is 118 Å². The Hall–Kier alpha value is -1.53. The SMILES string of the molecule is [2H]C(OC(=O)[C@](N)(CCSC)C(N)=O)c1ccccc1. The molecule has 4 N–H and O–H groups in total. The minimum absolute atomic E-state index is 0.0733. The standard InChI is InChI=1S/C13H18N2O3S/c1-19-8-7-13(15,11(14)16)12(17)18-9-10-5-3-2-4-6-10/h2-6H,7-9,15H2,1H3,(H2,14,16)/t13-/m0/s1/i9D/t9?,13-. The van der Waals surface area contributed by atoms with Crippen LogP contribution in [0.5, 0.6) is 0 Å². The van der Waals surface area contributed by atoms with Gasteiger partial charge in [-0.3, -0.25) is 4.79 Å². The molecule has 0 spiro atoms. The summed E-state index contributed by atoms with van der Waals surface area (Å²) in [5, 5.41) is 0. The van der Waals surface area contributed by atoms with Gasteiger partial charge in [-0.2, -0.15) is 11.8 Å². The zero-order valence-corrected chi connectivity index (χ0v) is 11.5. The molecule has 0 aromatic heterocycles. The first-order chi connectivity index (χ1) is 9.41. The smallest absolute Gasteiger partial charge is 0.336 e. The summed E-state index contributed by atoms with van der Waals surface area (Å²) < 4.78 is 12.7. The predicted octanol–water partition coefficient (Wildman–Crippen LogP) is 0.666. The number of thioether (sulfide) groups is 1. The number of ether oxygens (including phenoxy) is 1. The molecule has 0 aliphatic rings. The Morgan fingerprint density at radius 1 is 1.42 bits per heavy atom. The van der Waals surface area contributed by atoms with Gasteiger partial charge in [0.25, 0.3) is 0 Å².